The van der Waals surface area contributed by atoms with Gasteiger partial charge in [0.1, 0.15) is 11.7 Å². The Labute approximate surface area is 195 Å². The van der Waals surface area contributed by atoms with Crippen LogP contribution in [-0.2, 0) is 23.9 Å². The highest BCUT2D eigenvalue weighted by molar-refractivity contribution is 6.12. The van der Waals surface area contributed by atoms with E-state index in [1.165, 1.54) is 7.11 Å². The molecule has 0 saturated carbocycles. The van der Waals surface area contributed by atoms with Crippen LogP contribution in [0.1, 0.15) is 58.9 Å². The number of methoxy groups -OCH3 is 1. The first kappa shape index (κ1) is 24.6. The Morgan fingerprint density at radius 1 is 1.24 bits per heavy atom. The molecule has 1 N–H and O–H groups in total. The lowest BCUT2D eigenvalue weighted by atomic mass is 9.69. The molecule has 0 radical (unpaired) electrons. The third-order valence-electron chi connectivity index (χ3n) is 6.35. The van der Waals surface area contributed by atoms with Gasteiger partial charge in [0, 0.05) is 22.9 Å². The van der Waals surface area contributed by atoms with Crippen molar-refractivity contribution in [3.63, 3.8) is 0 Å². The van der Waals surface area contributed by atoms with Gasteiger partial charge in [0.2, 0.25) is 0 Å². The molecule has 1 aliphatic carbocycles. The number of ether oxygens (including phenoxy) is 3. The minimum absolute atomic E-state index is 0.229. The summed E-state index contributed by atoms with van der Waals surface area (Å²) < 4.78 is 16.3. The standard InChI is InChI=1S/C26H33NO6/c1-7-15(4)33-26(30)21-16(5)27-19-12-14(3)20(25(29)31-6)24(28)23(19)22(21)17-10-9-11-18(13-17)32-8-2/h9-11,13-15,20,22,27H,7-8,12H2,1-6H3/t14-,15-,20-,22-/m0/s1. The van der Waals surface area contributed by atoms with Gasteiger partial charge in [0.05, 0.1) is 25.4 Å². The average molecular weight is 456 g/mol. The van der Waals surface area contributed by atoms with Crippen LogP contribution in [-0.4, -0.2) is 37.5 Å². The zero-order valence-electron chi connectivity index (χ0n) is 20.2. The zero-order valence-corrected chi connectivity index (χ0v) is 20.2. The van der Waals surface area contributed by atoms with Crippen molar-refractivity contribution in [3.8, 4) is 5.75 Å². The van der Waals surface area contributed by atoms with E-state index in [1.54, 1.807) is 0 Å². The van der Waals surface area contributed by atoms with Gasteiger partial charge in [0.25, 0.3) is 0 Å². The topological polar surface area (TPSA) is 90.9 Å². The number of dihydropyridines is 1. The van der Waals surface area contributed by atoms with Crippen LogP contribution < -0.4 is 10.1 Å². The number of hydrogen-bond acceptors (Lipinski definition) is 7. The molecule has 1 aromatic carbocycles. The summed E-state index contributed by atoms with van der Waals surface area (Å²) in [5.41, 5.74) is 2.90. The lowest BCUT2D eigenvalue weighted by Crippen LogP contribution is -2.43. The van der Waals surface area contributed by atoms with Gasteiger partial charge in [0.15, 0.2) is 5.78 Å². The Hall–Kier alpha value is -3.09. The van der Waals surface area contributed by atoms with E-state index in [0.29, 0.717) is 42.0 Å². The lowest BCUT2D eigenvalue weighted by Gasteiger charge is -2.38. The Morgan fingerprint density at radius 2 is 1.97 bits per heavy atom. The number of hydrogen-bond donors (Lipinski definition) is 1. The number of rotatable bonds is 7. The maximum absolute atomic E-state index is 13.7. The van der Waals surface area contributed by atoms with Crippen molar-refractivity contribution in [2.75, 3.05) is 13.7 Å². The molecule has 0 spiro atoms. The van der Waals surface area contributed by atoms with Gasteiger partial charge in [-0.15, -0.1) is 0 Å². The highest BCUT2D eigenvalue weighted by atomic mass is 16.5. The zero-order chi connectivity index (χ0) is 24.3. The number of allylic oxidation sites excluding steroid dienone is 3. The minimum Gasteiger partial charge on any atom is -0.494 e. The molecule has 4 atom stereocenters. The van der Waals surface area contributed by atoms with Crippen molar-refractivity contribution in [2.45, 2.75) is 59.5 Å². The quantitative estimate of drug-likeness (QED) is 0.490. The molecular weight excluding hydrogens is 422 g/mol. The Kier molecular flexibility index (Phi) is 7.61. The van der Waals surface area contributed by atoms with Gasteiger partial charge in [-0.1, -0.05) is 26.0 Å². The van der Waals surface area contributed by atoms with Gasteiger partial charge in [-0.05, 0) is 57.2 Å². The molecule has 0 saturated heterocycles. The summed E-state index contributed by atoms with van der Waals surface area (Å²) in [5, 5.41) is 3.27. The predicted molar refractivity (Wildman–Crippen MR) is 123 cm³/mol. The van der Waals surface area contributed by atoms with Crippen molar-refractivity contribution in [2.24, 2.45) is 11.8 Å². The van der Waals surface area contributed by atoms with E-state index >= 15 is 0 Å². The molecule has 1 aliphatic heterocycles. The molecule has 1 aromatic rings. The number of carbonyl (C=O) groups is 3. The molecule has 0 amide bonds. The predicted octanol–water partition coefficient (Wildman–Crippen LogP) is 4.04. The first-order chi connectivity index (χ1) is 15.7. The highest BCUT2D eigenvalue weighted by Gasteiger charge is 2.47. The van der Waals surface area contributed by atoms with E-state index in [2.05, 4.69) is 5.32 Å². The first-order valence-electron chi connectivity index (χ1n) is 11.5. The first-order valence-corrected chi connectivity index (χ1v) is 11.5. The van der Waals surface area contributed by atoms with E-state index in [9.17, 15) is 14.4 Å². The van der Waals surface area contributed by atoms with E-state index in [-0.39, 0.29) is 17.8 Å². The fourth-order valence-corrected chi connectivity index (χ4v) is 4.56. The second-order valence-corrected chi connectivity index (χ2v) is 8.67. The van der Waals surface area contributed by atoms with Crippen molar-refractivity contribution in [1.29, 1.82) is 0 Å². The summed E-state index contributed by atoms with van der Waals surface area (Å²) >= 11 is 0. The van der Waals surface area contributed by atoms with Gasteiger partial charge in [-0.3, -0.25) is 9.59 Å². The molecule has 3 rings (SSSR count). The monoisotopic (exact) mass is 455 g/mol. The summed E-state index contributed by atoms with van der Waals surface area (Å²) in [5.74, 6) is -2.54. The van der Waals surface area contributed by atoms with Crippen LogP contribution in [0.4, 0.5) is 0 Å². The van der Waals surface area contributed by atoms with Crippen LogP contribution in [0.15, 0.2) is 46.8 Å². The highest BCUT2D eigenvalue weighted by Crippen LogP contribution is 2.46. The van der Waals surface area contributed by atoms with E-state index in [4.69, 9.17) is 14.2 Å². The second kappa shape index (κ2) is 10.2. The smallest absolute Gasteiger partial charge is 0.337 e. The summed E-state index contributed by atoms with van der Waals surface area (Å²) in [6, 6.07) is 7.38. The fraction of sp³-hybridized carbons (Fsp3) is 0.500. The van der Waals surface area contributed by atoms with Gasteiger partial charge >= 0.3 is 11.9 Å². The van der Waals surface area contributed by atoms with Crippen LogP contribution >= 0.6 is 0 Å². The number of ketones is 1. The molecule has 1 heterocycles. The summed E-state index contributed by atoms with van der Waals surface area (Å²) in [7, 11) is 1.29. The normalized spacial score (nSPS) is 23.5. The summed E-state index contributed by atoms with van der Waals surface area (Å²) in [4.78, 5) is 39.5. The molecule has 7 heteroatoms. The lowest BCUT2D eigenvalue weighted by molar-refractivity contribution is -0.151. The number of benzene rings is 1. The van der Waals surface area contributed by atoms with Crippen LogP contribution in [0.2, 0.25) is 0 Å². The maximum atomic E-state index is 13.7. The van der Waals surface area contributed by atoms with E-state index in [0.717, 1.165) is 11.3 Å². The van der Waals surface area contributed by atoms with Gasteiger partial charge in [-0.25, -0.2) is 4.79 Å². The molecule has 0 fully saturated rings. The van der Waals surface area contributed by atoms with Crippen molar-refractivity contribution in [1.82, 2.24) is 5.32 Å². The Bertz CT molecular complexity index is 1010. The SMILES string of the molecule is CCOc1cccc([C@H]2C(C(=O)O[C@@H](C)CC)=C(C)NC3=C2C(=O)[C@@H](C(=O)OC)[C@@H](C)C3)c1. The fourth-order valence-electron chi connectivity index (χ4n) is 4.56. The van der Waals surface area contributed by atoms with Crippen LogP contribution in [0.25, 0.3) is 0 Å². The van der Waals surface area contributed by atoms with E-state index in [1.807, 2.05) is 58.9 Å². The van der Waals surface area contributed by atoms with Crippen LogP contribution in [0, 0.1) is 11.8 Å². The molecule has 0 unspecified atom stereocenters. The molecule has 7 nitrogen and oxygen atoms in total. The van der Waals surface area contributed by atoms with Gasteiger partial charge in [-0.2, -0.15) is 0 Å². The number of carbonyl (C=O) groups excluding carboxylic acids is 3. The molecule has 33 heavy (non-hydrogen) atoms. The summed E-state index contributed by atoms with van der Waals surface area (Å²) in [6.45, 7) is 9.83. The van der Waals surface area contributed by atoms with E-state index < -0.39 is 23.8 Å². The van der Waals surface area contributed by atoms with Crippen molar-refractivity contribution >= 4 is 17.7 Å². The van der Waals surface area contributed by atoms with Gasteiger partial charge < -0.3 is 19.5 Å². The molecule has 0 bridgehead atoms. The number of Topliss-reactive ketones (excluding diaryl/α,β-unsaturated/α-hetero) is 1. The van der Waals surface area contributed by atoms with Crippen molar-refractivity contribution in [3.05, 3.63) is 52.4 Å². The van der Waals surface area contributed by atoms with Crippen molar-refractivity contribution < 1.29 is 28.6 Å². The third kappa shape index (κ3) is 4.82. The molecular formula is C26H33NO6. The van der Waals surface area contributed by atoms with Crippen LogP contribution in [0.3, 0.4) is 0 Å². The minimum atomic E-state index is -0.918. The average Bonchev–Trinajstić information content (AvgIpc) is 2.78. The molecule has 2 aliphatic rings. The third-order valence-corrected chi connectivity index (χ3v) is 6.35. The largest absolute Gasteiger partial charge is 0.494 e. The Balaban J connectivity index is 2.17. The number of nitrogens with one attached hydrogen (secondary N) is 1. The molecule has 178 valence electrons. The second-order valence-electron chi connectivity index (χ2n) is 8.67. The number of esters is 2. The molecule has 0 aromatic heterocycles. The summed E-state index contributed by atoms with van der Waals surface area (Å²) in [6.07, 6.45) is 0.895. The van der Waals surface area contributed by atoms with Crippen LogP contribution in [0.5, 0.6) is 5.75 Å². The Morgan fingerprint density at radius 3 is 2.61 bits per heavy atom. The maximum Gasteiger partial charge on any atom is 0.337 e.